The molecule has 8 nitrogen and oxygen atoms in total. The first-order chi connectivity index (χ1) is 20.6. The molecule has 4 N–H and O–H groups in total. The zero-order valence-corrected chi connectivity index (χ0v) is 22.0. The number of nitrogens with zero attached hydrogens (tertiary/aromatic N) is 3. The van der Waals surface area contributed by atoms with E-state index in [1.165, 1.54) is 6.07 Å². The number of nitrogens with one attached hydrogen (secondary N) is 4. The number of carbonyl (C=O) groups is 1. The first-order valence-electron chi connectivity index (χ1n) is 13.4. The van der Waals surface area contributed by atoms with Crippen molar-refractivity contribution in [3.63, 3.8) is 0 Å². The maximum Gasteiger partial charge on any atom is 0.255 e. The average molecular weight is 552 g/mol. The van der Waals surface area contributed by atoms with Crippen LogP contribution in [-0.2, 0) is 0 Å². The van der Waals surface area contributed by atoms with Gasteiger partial charge in [-0.2, -0.15) is 5.10 Å². The summed E-state index contributed by atoms with van der Waals surface area (Å²) in [5, 5.41) is 14.9. The lowest BCUT2D eigenvalue weighted by molar-refractivity contribution is 0.102. The van der Waals surface area contributed by atoms with Crippen molar-refractivity contribution in [2.24, 2.45) is 0 Å². The van der Waals surface area contributed by atoms with Crippen LogP contribution in [0.3, 0.4) is 0 Å². The Labute approximate surface area is 239 Å². The number of fused-ring (bicyclic) bond motifs is 4. The number of benzene rings is 2. The summed E-state index contributed by atoms with van der Waals surface area (Å²) in [6.07, 6.45) is 9.14. The van der Waals surface area contributed by atoms with Crippen LogP contribution in [0.1, 0.15) is 33.2 Å². The second-order valence-corrected chi connectivity index (χ2v) is 10.3. The normalized spacial score (nSPS) is 15.1. The molecule has 0 radical (unpaired) electrons. The number of carbonyl (C=O) groups excluding carboxylic acids is 1. The highest BCUT2D eigenvalue weighted by Gasteiger charge is 2.36. The molecule has 2 aliphatic rings. The van der Waals surface area contributed by atoms with Crippen molar-refractivity contribution in [2.45, 2.75) is 6.04 Å². The molecule has 0 spiro atoms. The third kappa shape index (κ3) is 4.15. The average Bonchev–Trinajstić information content (AvgIpc) is 3.50. The number of hydrogen-bond donors (Lipinski definition) is 4. The minimum Gasteiger partial charge on any atom is -0.373 e. The quantitative estimate of drug-likeness (QED) is 0.185. The highest BCUT2D eigenvalue weighted by molar-refractivity contribution is 6.04. The molecule has 1 unspecified atom stereocenters. The topological polar surface area (TPSA) is 121 Å². The molecule has 1 amide bonds. The minimum atomic E-state index is -0.276. The van der Waals surface area contributed by atoms with E-state index in [1.54, 1.807) is 42.9 Å². The molecule has 1 saturated heterocycles. The molecule has 42 heavy (non-hydrogen) atoms. The maximum atomic E-state index is 14.1. The Morgan fingerprint density at radius 3 is 2.69 bits per heavy atom. The molecule has 0 bridgehead atoms. The molecule has 5 heterocycles. The maximum absolute atomic E-state index is 14.1. The van der Waals surface area contributed by atoms with Crippen LogP contribution >= 0.6 is 0 Å². The molecular formula is C33H22FN7O. The Morgan fingerprint density at radius 1 is 0.905 bits per heavy atom. The molecule has 1 atom stereocenters. The molecule has 6 aromatic rings. The highest BCUT2D eigenvalue weighted by atomic mass is 19.1. The number of anilines is 1. The Balaban J connectivity index is 1.16. The fraction of sp³-hybridized carbons (Fsp3) is 0.0303. The number of aromatic amines is 2. The van der Waals surface area contributed by atoms with Crippen LogP contribution in [-0.4, -0.2) is 31.1 Å². The number of H-pyrrole nitrogens is 2. The van der Waals surface area contributed by atoms with E-state index in [1.807, 2.05) is 48.6 Å². The van der Waals surface area contributed by atoms with E-state index in [-0.39, 0.29) is 17.8 Å². The summed E-state index contributed by atoms with van der Waals surface area (Å²) >= 11 is 0. The molecule has 1 aliphatic carbocycles. The minimum absolute atomic E-state index is 0.0819. The van der Waals surface area contributed by atoms with E-state index >= 15 is 0 Å². The summed E-state index contributed by atoms with van der Waals surface area (Å²) in [6.45, 7) is 0. The number of allylic oxidation sites excluding steroid dienone is 2. The van der Waals surface area contributed by atoms with Crippen LogP contribution in [0.2, 0.25) is 0 Å². The molecule has 8 rings (SSSR count). The van der Waals surface area contributed by atoms with Gasteiger partial charge in [-0.25, -0.2) is 4.39 Å². The number of halogens is 1. The number of rotatable bonds is 5. The Hall–Kier alpha value is -5.83. The van der Waals surface area contributed by atoms with Gasteiger partial charge in [0.2, 0.25) is 0 Å². The van der Waals surface area contributed by atoms with Crippen molar-refractivity contribution in [1.82, 2.24) is 30.5 Å². The van der Waals surface area contributed by atoms with Crippen LogP contribution in [0.15, 0.2) is 109 Å². The Morgan fingerprint density at radius 2 is 1.81 bits per heavy atom. The molecule has 0 saturated carbocycles. The number of amides is 1. The molecule has 202 valence electrons. The van der Waals surface area contributed by atoms with Crippen molar-refractivity contribution in [2.75, 3.05) is 5.32 Å². The molecule has 2 aromatic carbocycles. The van der Waals surface area contributed by atoms with Gasteiger partial charge in [-0.15, -0.1) is 0 Å². The van der Waals surface area contributed by atoms with Gasteiger partial charge in [0, 0.05) is 34.0 Å². The monoisotopic (exact) mass is 551 g/mol. The second kappa shape index (κ2) is 9.38. The molecule has 1 fully saturated rings. The third-order valence-corrected chi connectivity index (χ3v) is 7.56. The van der Waals surface area contributed by atoms with Crippen LogP contribution in [0.5, 0.6) is 0 Å². The van der Waals surface area contributed by atoms with Crippen molar-refractivity contribution < 1.29 is 9.18 Å². The highest BCUT2D eigenvalue weighted by Crippen LogP contribution is 2.44. The van der Waals surface area contributed by atoms with E-state index < -0.39 is 0 Å². The van der Waals surface area contributed by atoms with E-state index in [2.05, 4.69) is 41.8 Å². The number of aromatic nitrogens is 5. The Bertz CT molecular complexity index is 2090. The first kappa shape index (κ1) is 24.0. The predicted octanol–water partition coefficient (Wildman–Crippen LogP) is 6.38. The zero-order valence-electron chi connectivity index (χ0n) is 22.0. The van der Waals surface area contributed by atoms with Crippen molar-refractivity contribution in [3.8, 4) is 22.6 Å². The van der Waals surface area contributed by atoms with Crippen LogP contribution in [0.4, 0.5) is 10.1 Å². The number of pyridine rings is 2. The molecule has 1 aliphatic heterocycles. The van der Waals surface area contributed by atoms with Crippen molar-refractivity contribution in [1.29, 1.82) is 0 Å². The summed E-state index contributed by atoms with van der Waals surface area (Å²) in [4.78, 5) is 25.2. The summed E-state index contributed by atoms with van der Waals surface area (Å²) in [5.74, 6) is -0.487. The third-order valence-electron chi connectivity index (χ3n) is 7.56. The van der Waals surface area contributed by atoms with E-state index in [9.17, 15) is 9.18 Å². The van der Waals surface area contributed by atoms with Gasteiger partial charge in [0.25, 0.3) is 5.91 Å². The Kier molecular flexibility index (Phi) is 5.36. The van der Waals surface area contributed by atoms with Gasteiger partial charge in [-0.05, 0) is 59.7 Å². The SMILES string of the molecule is O=C(Nc1cncc(-c2cc3c(-c4cc5c([nH]4)C4NC4=CC=C5c4cccc(F)c4)n[nH]c3cn2)c1)c1ccccc1. The van der Waals surface area contributed by atoms with Crippen LogP contribution < -0.4 is 10.6 Å². The van der Waals surface area contributed by atoms with Crippen LogP contribution in [0.25, 0.3) is 39.1 Å². The fourth-order valence-electron chi connectivity index (χ4n) is 5.44. The van der Waals surface area contributed by atoms with Gasteiger partial charge in [0.05, 0.1) is 40.7 Å². The first-order valence-corrected chi connectivity index (χ1v) is 13.4. The van der Waals surface area contributed by atoms with Gasteiger partial charge < -0.3 is 15.6 Å². The van der Waals surface area contributed by atoms with Gasteiger partial charge in [0.15, 0.2) is 0 Å². The second-order valence-electron chi connectivity index (χ2n) is 10.3. The van der Waals surface area contributed by atoms with Crippen molar-refractivity contribution in [3.05, 3.63) is 137 Å². The van der Waals surface area contributed by atoms with Gasteiger partial charge >= 0.3 is 0 Å². The van der Waals surface area contributed by atoms with Gasteiger partial charge in [-0.1, -0.05) is 36.4 Å². The predicted molar refractivity (Wildman–Crippen MR) is 159 cm³/mol. The lowest BCUT2D eigenvalue weighted by Gasteiger charge is -2.07. The molecular weight excluding hydrogens is 529 g/mol. The number of hydrogen-bond acceptors (Lipinski definition) is 5. The van der Waals surface area contributed by atoms with Crippen LogP contribution in [0, 0.1) is 5.82 Å². The lowest BCUT2D eigenvalue weighted by atomic mass is 9.97. The molecule has 4 aromatic heterocycles. The van der Waals surface area contributed by atoms with Gasteiger partial charge in [0.1, 0.15) is 17.6 Å². The smallest absolute Gasteiger partial charge is 0.255 e. The molecule has 9 heteroatoms. The van der Waals surface area contributed by atoms with E-state index in [0.717, 1.165) is 55.9 Å². The lowest BCUT2D eigenvalue weighted by Crippen LogP contribution is -2.11. The fourth-order valence-corrected chi connectivity index (χ4v) is 5.44. The van der Waals surface area contributed by atoms with Gasteiger partial charge in [-0.3, -0.25) is 19.9 Å². The standard InChI is InChI=1S/C33H22FN7O/c34-21-8-4-7-19(11-21)23-9-10-26-32(38-26)31-24(23)13-28(39-31)30-25-14-27(36-17-29(25)40-41-30)20-12-22(16-35-15-20)37-33(42)18-5-2-1-3-6-18/h1-17,32,38-39H,(H,37,42)(H,40,41). The zero-order chi connectivity index (χ0) is 28.2. The summed E-state index contributed by atoms with van der Waals surface area (Å²) in [7, 11) is 0. The summed E-state index contributed by atoms with van der Waals surface area (Å²) in [6, 6.07) is 21.6. The van der Waals surface area contributed by atoms with Crippen molar-refractivity contribution >= 4 is 28.1 Å². The van der Waals surface area contributed by atoms with E-state index in [4.69, 9.17) is 0 Å². The largest absolute Gasteiger partial charge is 0.373 e. The summed E-state index contributed by atoms with van der Waals surface area (Å²) in [5.41, 5.74) is 9.81. The summed E-state index contributed by atoms with van der Waals surface area (Å²) < 4.78 is 14.1. The van der Waals surface area contributed by atoms with E-state index in [0.29, 0.717) is 16.9 Å².